The van der Waals surface area contributed by atoms with Gasteiger partial charge in [0.15, 0.2) is 0 Å². The maximum Gasteiger partial charge on any atom is 0.312 e. The third-order valence-electron chi connectivity index (χ3n) is 7.38. The monoisotopic (exact) mass is 536 g/mol. The van der Waals surface area contributed by atoms with Gasteiger partial charge in [0.05, 0.1) is 24.5 Å². The highest BCUT2D eigenvalue weighted by Gasteiger charge is 2.76. The fraction of sp³-hybridized carbons (Fsp3) is 0.640. The van der Waals surface area contributed by atoms with Crippen LogP contribution in [0.15, 0.2) is 18.2 Å². The van der Waals surface area contributed by atoms with Gasteiger partial charge in [-0.3, -0.25) is 14.4 Å². The number of nitrogens with one attached hydrogen (secondary N) is 1. The van der Waals surface area contributed by atoms with Crippen LogP contribution in [0.2, 0.25) is 0 Å². The lowest BCUT2D eigenvalue weighted by Gasteiger charge is -2.34. The number of aryl methyl sites for hydroxylation is 2. The molecule has 3 aliphatic rings. The molecule has 6 atom stereocenters. The van der Waals surface area contributed by atoms with Gasteiger partial charge in [0.25, 0.3) is 0 Å². The zero-order valence-electron chi connectivity index (χ0n) is 19.9. The van der Waals surface area contributed by atoms with E-state index in [1.165, 1.54) is 0 Å². The van der Waals surface area contributed by atoms with Crippen molar-refractivity contribution in [3.63, 3.8) is 0 Å². The number of aliphatic hydroxyl groups excluding tert-OH is 1. The minimum Gasteiger partial charge on any atom is -0.466 e. The average Bonchev–Trinajstić information content (AvgIpc) is 3.37. The Balaban J connectivity index is 1.70. The summed E-state index contributed by atoms with van der Waals surface area (Å²) >= 11 is 3.64. The molecule has 3 aliphatic heterocycles. The van der Waals surface area contributed by atoms with E-state index in [2.05, 4.69) is 21.2 Å². The molecule has 2 bridgehead atoms. The van der Waals surface area contributed by atoms with E-state index < -0.39 is 35.6 Å². The highest BCUT2D eigenvalue weighted by atomic mass is 79.9. The number of anilines is 1. The first-order chi connectivity index (χ1) is 16.3. The molecule has 2 N–H and O–H groups in total. The molecule has 4 rings (SSSR count). The van der Waals surface area contributed by atoms with Crippen molar-refractivity contribution in [3.05, 3.63) is 29.3 Å². The van der Waals surface area contributed by atoms with Crippen LogP contribution in [0, 0.1) is 25.7 Å². The Morgan fingerprint density at radius 2 is 1.97 bits per heavy atom. The number of carbonyl (C=O) groups is 3. The summed E-state index contributed by atoms with van der Waals surface area (Å²) in [6, 6.07) is 4.93. The van der Waals surface area contributed by atoms with Crippen LogP contribution in [0.4, 0.5) is 5.69 Å². The summed E-state index contributed by atoms with van der Waals surface area (Å²) in [6.07, 6.45) is 1.95. The van der Waals surface area contributed by atoms with Crippen molar-refractivity contribution in [2.45, 2.75) is 69.0 Å². The maximum atomic E-state index is 13.8. The van der Waals surface area contributed by atoms with Crippen LogP contribution in [0.1, 0.15) is 43.7 Å². The number of carbonyl (C=O) groups excluding carboxylic acids is 3. The van der Waals surface area contributed by atoms with E-state index >= 15 is 0 Å². The van der Waals surface area contributed by atoms with E-state index in [1.54, 1.807) is 11.8 Å². The largest absolute Gasteiger partial charge is 0.466 e. The summed E-state index contributed by atoms with van der Waals surface area (Å²) in [7, 11) is 0. The van der Waals surface area contributed by atoms with E-state index in [4.69, 9.17) is 14.6 Å². The molecule has 0 aromatic heterocycles. The summed E-state index contributed by atoms with van der Waals surface area (Å²) in [4.78, 5) is 41.9. The number of benzene rings is 1. The molecule has 8 nitrogen and oxygen atoms in total. The Hall–Kier alpha value is -1.97. The minimum atomic E-state index is -1.09. The van der Waals surface area contributed by atoms with Gasteiger partial charge in [-0.2, -0.15) is 0 Å². The average molecular weight is 537 g/mol. The van der Waals surface area contributed by atoms with E-state index in [1.807, 2.05) is 32.0 Å². The molecular weight excluding hydrogens is 504 g/mol. The van der Waals surface area contributed by atoms with E-state index in [-0.39, 0.29) is 29.9 Å². The van der Waals surface area contributed by atoms with Gasteiger partial charge in [-0.25, -0.2) is 0 Å². The second-order valence-corrected chi connectivity index (χ2v) is 10.7. The number of halogens is 1. The number of alkyl halides is 1. The van der Waals surface area contributed by atoms with Gasteiger partial charge in [0, 0.05) is 23.7 Å². The second kappa shape index (κ2) is 9.95. The number of hydrogen-bond donors (Lipinski definition) is 2. The summed E-state index contributed by atoms with van der Waals surface area (Å²) in [5.74, 6) is -2.49. The lowest BCUT2D eigenvalue weighted by atomic mass is 9.70. The number of hydrogen-bond acceptors (Lipinski definition) is 6. The van der Waals surface area contributed by atoms with Crippen LogP contribution >= 0.6 is 15.9 Å². The number of para-hydroxylation sites is 1. The van der Waals surface area contributed by atoms with Crippen LogP contribution in [0.25, 0.3) is 0 Å². The molecule has 34 heavy (non-hydrogen) atoms. The van der Waals surface area contributed by atoms with E-state index in [0.29, 0.717) is 25.8 Å². The quantitative estimate of drug-likeness (QED) is 0.285. The van der Waals surface area contributed by atoms with Crippen molar-refractivity contribution in [2.75, 3.05) is 25.1 Å². The van der Waals surface area contributed by atoms with Gasteiger partial charge in [-0.1, -0.05) is 34.1 Å². The van der Waals surface area contributed by atoms with Crippen LogP contribution < -0.4 is 5.32 Å². The number of esters is 1. The second-order valence-electron chi connectivity index (χ2n) is 9.49. The number of fused-ring (bicyclic) bond motifs is 1. The van der Waals surface area contributed by atoms with Gasteiger partial charge in [-0.05, 0) is 57.6 Å². The number of unbranched alkanes of at least 4 members (excludes halogenated alkanes) is 2. The maximum absolute atomic E-state index is 13.8. The molecule has 186 valence electrons. The van der Waals surface area contributed by atoms with Gasteiger partial charge in [0.2, 0.25) is 11.8 Å². The van der Waals surface area contributed by atoms with E-state index in [0.717, 1.165) is 23.2 Å². The van der Waals surface area contributed by atoms with Crippen molar-refractivity contribution in [1.82, 2.24) is 4.90 Å². The Morgan fingerprint density at radius 1 is 1.26 bits per heavy atom. The molecule has 0 radical (unpaired) electrons. The van der Waals surface area contributed by atoms with E-state index in [9.17, 15) is 14.4 Å². The van der Waals surface area contributed by atoms with Crippen molar-refractivity contribution in [3.8, 4) is 0 Å². The van der Waals surface area contributed by atoms with Crippen molar-refractivity contribution in [2.24, 2.45) is 11.8 Å². The van der Waals surface area contributed by atoms with Gasteiger partial charge >= 0.3 is 5.97 Å². The summed E-state index contributed by atoms with van der Waals surface area (Å²) < 4.78 is 11.7. The predicted octanol–water partition coefficient (Wildman–Crippen LogP) is 2.72. The first-order valence-electron chi connectivity index (χ1n) is 12.0. The number of aliphatic hydroxyl groups is 1. The summed E-state index contributed by atoms with van der Waals surface area (Å²) in [5.41, 5.74) is 1.50. The summed E-state index contributed by atoms with van der Waals surface area (Å²) in [5, 5.41) is 12.2. The van der Waals surface area contributed by atoms with Crippen LogP contribution in [-0.2, 0) is 23.9 Å². The first-order valence-corrected chi connectivity index (χ1v) is 12.9. The minimum absolute atomic E-state index is 0.0813. The fourth-order valence-corrected chi connectivity index (χ4v) is 6.89. The van der Waals surface area contributed by atoms with Crippen molar-refractivity contribution >= 4 is 39.4 Å². The Labute approximate surface area is 208 Å². The third kappa shape index (κ3) is 4.05. The lowest BCUT2D eigenvalue weighted by Crippen LogP contribution is -2.54. The fourth-order valence-electron chi connectivity index (χ4n) is 5.95. The molecule has 3 fully saturated rings. The van der Waals surface area contributed by atoms with Crippen molar-refractivity contribution < 1.29 is 29.0 Å². The van der Waals surface area contributed by atoms with Crippen LogP contribution in [-0.4, -0.2) is 70.1 Å². The highest BCUT2D eigenvalue weighted by molar-refractivity contribution is 9.09. The molecular formula is C25H33BrN2O6. The van der Waals surface area contributed by atoms with Crippen LogP contribution in [0.5, 0.6) is 0 Å². The number of likely N-dealkylation sites (tertiary alicyclic amines) is 1. The lowest BCUT2D eigenvalue weighted by molar-refractivity contribution is -0.154. The molecule has 1 aromatic carbocycles. The van der Waals surface area contributed by atoms with Gasteiger partial charge < -0.3 is 24.8 Å². The molecule has 3 heterocycles. The third-order valence-corrected chi connectivity index (χ3v) is 8.23. The highest BCUT2D eigenvalue weighted by Crippen LogP contribution is 2.60. The Kier molecular flexibility index (Phi) is 7.36. The van der Waals surface area contributed by atoms with Crippen molar-refractivity contribution in [1.29, 1.82) is 0 Å². The first kappa shape index (κ1) is 25.1. The molecule has 2 amide bonds. The topological polar surface area (TPSA) is 105 Å². The standard InChI is InChI=1S/C25H33BrN2O6/c1-4-33-24(32)17-18-23(31)28(11-6-5-7-12-29)21(25(18)13-16(26)20(17)34-25)22(30)27-19-14(2)9-8-10-15(19)3/h8-10,16-18,20-21,29H,4-7,11-13H2,1-3H3,(H,27,30)/t16?,17-,18-,20-,21?,25?/m0/s1. The molecule has 9 heteroatoms. The Morgan fingerprint density at radius 3 is 2.62 bits per heavy atom. The predicted molar refractivity (Wildman–Crippen MR) is 130 cm³/mol. The van der Waals surface area contributed by atoms with Crippen LogP contribution in [0.3, 0.4) is 0 Å². The molecule has 1 spiro atoms. The summed E-state index contributed by atoms with van der Waals surface area (Å²) in [6.45, 7) is 6.25. The molecule has 3 unspecified atom stereocenters. The molecule has 0 aliphatic carbocycles. The SMILES string of the molecule is CCOC(=O)[C@H]1[C@H]2C(=O)N(CCCCCO)C(C(=O)Nc3c(C)cccc3C)C23CC(Br)[C@@H]1O3. The number of rotatable bonds is 9. The zero-order valence-corrected chi connectivity index (χ0v) is 21.5. The molecule has 1 aromatic rings. The molecule has 0 saturated carbocycles. The number of nitrogens with zero attached hydrogens (tertiary/aromatic N) is 1. The zero-order chi connectivity index (χ0) is 24.6. The number of ether oxygens (including phenoxy) is 2. The smallest absolute Gasteiger partial charge is 0.312 e. The number of amides is 2. The van der Waals surface area contributed by atoms with Gasteiger partial charge in [-0.15, -0.1) is 0 Å². The van der Waals surface area contributed by atoms with Gasteiger partial charge in [0.1, 0.15) is 11.6 Å². The normalized spacial score (nSPS) is 31.6. The molecule has 3 saturated heterocycles. The Bertz CT molecular complexity index is 950.